The average Bonchev–Trinajstić information content (AvgIpc) is 2.80. The van der Waals surface area contributed by atoms with Crippen molar-refractivity contribution in [1.82, 2.24) is 9.80 Å². The summed E-state index contributed by atoms with van der Waals surface area (Å²) in [5.41, 5.74) is 0.839. The zero-order valence-electron chi connectivity index (χ0n) is 17.8. The van der Waals surface area contributed by atoms with Crippen LogP contribution in [0.15, 0.2) is 66.7 Å². The van der Waals surface area contributed by atoms with E-state index in [1.54, 1.807) is 0 Å². The van der Waals surface area contributed by atoms with Gasteiger partial charge in [-0.1, -0.05) is 54.1 Å². The summed E-state index contributed by atoms with van der Waals surface area (Å²) in [4.78, 5) is 17.4. The van der Waals surface area contributed by atoms with Crippen LogP contribution in [-0.4, -0.2) is 61.1 Å². The van der Waals surface area contributed by atoms with Gasteiger partial charge in [0.1, 0.15) is 12.4 Å². The van der Waals surface area contributed by atoms with E-state index >= 15 is 0 Å². The number of carbonyl (C=O) groups is 1. The molecular formula is C25H28ClN3O2. The Morgan fingerprint density at radius 2 is 1.71 bits per heavy atom. The van der Waals surface area contributed by atoms with Crippen LogP contribution in [0, 0.1) is 0 Å². The van der Waals surface area contributed by atoms with Gasteiger partial charge >= 0.3 is 0 Å². The molecular weight excluding hydrogens is 410 g/mol. The maximum absolute atomic E-state index is 12.8. The first kappa shape index (κ1) is 21.6. The van der Waals surface area contributed by atoms with Crippen molar-refractivity contribution < 1.29 is 9.53 Å². The monoisotopic (exact) mass is 437 g/mol. The number of fused-ring (bicyclic) bond motifs is 1. The predicted octanol–water partition coefficient (Wildman–Crippen LogP) is 4.52. The minimum atomic E-state index is -0.173. The van der Waals surface area contributed by atoms with Gasteiger partial charge in [-0.3, -0.25) is 14.6 Å². The summed E-state index contributed by atoms with van der Waals surface area (Å²) in [6.45, 7) is 6.97. The zero-order chi connectivity index (χ0) is 21.6. The smallest absolute Gasteiger partial charge is 0.241 e. The number of amides is 1. The number of nitrogens with one attached hydrogen (secondary N) is 1. The minimum Gasteiger partial charge on any atom is -0.491 e. The summed E-state index contributed by atoms with van der Waals surface area (Å²) in [6, 6.07) is 21.5. The minimum absolute atomic E-state index is 0.0331. The molecule has 162 valence electrons. The molecule has 1 atom stereocenters. The van der Waals surface area contributed by atoms with Crippen LogP contribution in [0.4, 0.5) is 5.69 Å². The molecule has 3 aromatic carbocycles. The van der Waals surface area contributed by atoms with Gasteiger partial charge in [-0.2, -0.15) is 0 Å². The molecule has 0 saturated carbocycles. The number of rotatable bonds is 7. The molecule has 1 heterocycles. The van der Waals surface area contributed by atoms with Gasteiger partial charge in [0.2, 0.25) is 5.91 Å². The second kappa shape index (κ2) is 10.1. The molecule has 0 radical (unpaired) electrons. The lowest BCUT2D eigenvalue weighted by atomic mass is 10.1. The highest BCUT2D eigenvalue weighted by atomic mass is 35.5. The number of piperazine rings is 1. The number of anilines is 1. The lowest BCUT2D eigenvalue weighted by Gasteiger charge is -2.37. The van der Waals surface area contributed by atoms with Crippen LogP contribution in [0.5, 0.6) is 5.75 Å². The number of para-hydroxylation sites is 1. The number of nitrogens with zero attached hydrogens (tertiary/aromatic N) is 2. The highest BCUT2D eigenvalue weighted by Gasteiger charge is 2.25. The number of carbonyl (C=O) groups excluding carboxylic acids is 1. The van der Waals surface area contributed by atoms with Gasteiger partial charge in [0.05, 0.1) is 11.1 Å². The second-order valence-electron chi connectivity index (χ2n) is 7.88. The Morgan fingerprint density at radius 3 is 2.48 bits per heavy atom. The van der Waals surface area contributed by atoms with Gasteiger partial charge < -0.3 is 10.1 Å². The molecule has 1 aliphatic heterocycles. The highest BCUT2D eigenvalue weighted by molar-refractivity contribution is 6.32. The van der Waals surface area contributed by atoms with Crippen molar-refractivity contribution >= 4 is 34.0 Å². The molecule has 31 heavy (non-hydrogen) atoms. The normalized spacial score (nSPS) is 16.2. The third-order valence-corrected chi connectivity index (χ3v) is 6.17. The van der Waals surface area contributed by atoms with E-state index in [2.05, 4.69) is 27.2 Å². The van der Waals surface area contributed by atoms with Crippen LogP contribution >= 0.6 is 11.6 Å². The molecule has 3 aromatic rings. The van der Waals surface area contributed by atoms with Crippen molar-refractivity contribution in [3.05, 3.63) is 71.8 Å². The number of halogens is 1. The SMILES string of the molecule is CC(C(=O)Nc1ccc2ccccc2c1)N1CCN(CCOc2ccccc2Cl)CC1. The van der Waals surface area contributed by atoms with Crippen LogP contribution in [-0.2, 0) is 4.79 Å². The molecule has 1 N–H and O–H groups in total. The van der Waals surface area contributed by atoms with Crippen LogP contribution in [0.3, 0.4) is 0 Å². The predicted molar refractivity (Wildman–Crippen MR) is 127 cm³/mol. The Bertz CT molecular complexity index is 1030. The quantitative estimate of drug-likeness (QED) is 0.590. The lowest BCUT2D eigenvalue weighted by Crippen LogP contribution is -2.53. The van der Waals surface area contributed by atoms with E-state index in [0.29, 0.717) is 11.6 Å². The van der Waals surface area contributed by atoms with Crippen LogP contribution in [0.2, 0.25) is 5.02 Å². The number of benzene rings is 3. The number of hydrogen-bond acceptors (Lipinski definition) is 4. The standard InChI is InChI=1S/C25H28ClN3O2/c1-19(25(30)27-22-11-10-20-6-2-3-7-21(20)18-22)29-14-12-28(13-15-29)16-17-31-24-9-5-4-8-23(24)26/h2-11,18-19H,12-17H2,1H3,(H,27,30). The van der Waals surface area contributed by atoms with E-state index in [1.807, 2.05) is 61.5 Å². The van der Waals surface area contributed by atoms with E-state index < -0.39 is 0 Å². The molecule has 4 rings (SSSR count). The first-order valence-electron chi connectivity index (χ1n) is 10.7. The fourth-order valence-corrected chi connectivity index (χ4v) is 4.09. The first-order chi connectivity index (χ1) is 15.1. The number of hydrogen-bond donors (Lipinski definition) is 1. The summed E-state index contributed by atoms with van der Waals surface area (Å²) in [5.74, 6) is 0.757. The Kier molecular flexibility index (Phi) is 7.07. The summed E-state index contributed by atoms with van der Waals surface area (Å²) in [5, 5.41) is 6.01. The molecule has 0 aromatic heterocycles. The molecule has 1 aliphatic rings. The molecule has 1 fully saturated rings. The summed E-state index contributed by atoms with van der Waals surface area (Å²) in [6.07, 6.45) is 0. The molecule has 0 spiro atoms. The van der Waals surface area contributed by atoms with Crippen molar-refractivity contribution in [3.63, 3.8) is 0 Å². The molecule has 5 nitrogen and oxygen atoms in total. The van der Waals surface area contributed by atoms with E-state index in [1.165, 1.54) is 5.39 Å². The maximum atomic E-state index is 12.8. The summed E-state index contributed by atoms with van der Waals surface area (Å²) < 4.78 is 5.80. The van der Waals surface area contributed by atoms with Gasteiger partial charge in [-0.25, -0.2) is 0 Å². The van der Waals surface area contributed by atoms with E-state index in [9.17, 15) is 4.79 Å². The van der Waals surface area contributed by atoms with Gasteiger partial charge in [-0.15, -0.1) is 0 Å². The Hall–Kier alpha value is -2.60. The zero-order valence-corrected chi connectivity index (χ0v) is 18.5. The number of ether oxygens (including phenoxy) is 1. The van der Waals surface area contributed by atoms with Crippen LogP contribution < -0.4 is 10.1 Å². The molecule has 1 saturated heterocycles. The topological polar surface area (TPSA) is 44.8 Å². The molecule has 1 unspecified atom stereocenters. The largest absolute Gasteiger partial charge is 0.491 e. The Labute approximate surface area is 188 Å². The fourth-order valence-electron chi connectivity index (χ4n) is 3.90. The van der Waals surface area contributed by atoms with Crippen molar-refractivity contribution in [3.8, 4) is 5.75 Å². The van der Waals surface area contributed by atoms with Gasteiger partial charge in [-0.05, 0) is 42.0 Å². The lowest BCUT2D eigenvalue weighted by molar-refractivity contribution is -0.121. The second-order valence-corrected chi connectivity index (χ2v) is 8.29. The van der Waals surface area contributed by atoms with Gasteiger partial charge in [0, 0.05) is 38.4 Å². The summed E-state index contributed by atoms with van der Waals surface area (Å²) in [7, 11) is 0. The van der Waals surface area contributed by atoms with E-state index in [4.69, 9.17) is 16.3 Å². The average molecular weight is 438 g/mol. The van der Waals surface area contributed by atoms with Crippen molar-refractivity contribution in [2.45, 2.75) is 13.0 Å². The van der Waals surface area contributed by atoms with E-state index in [0.717, 1.165) is 49.5 Å². The maximum Gasteiger partial charge on any atom is 0.241 e. The third-order valence-electron chi connectivity index (χ3n) is 5.85. The molecule has 0 aliphatic carbocycles. The van der Waals surface area contributed by atoms with Crippen LogP contribution in [0.25, 0.3) is 10.8 Å². The Balaban J connectivity index is 1.23. The molecule has 1 amide bonds. The van der Waals surface area contributed by atoms with Crippen molar-refractivity contribution in [2.75, 3.05) is 44.6 Å². The van der Waals surface area contributed by atoms with Gasteiger partial charge in [0.15, 0.2) is 0 Å². The molecule has 6 heteroatoms. The van der Waals surface area contributed by atoms with Crippen molar-refractivity contribution in [2.24, 2.45) is 0 Å². The van der Waals surface area contributed by atoms with Crippen molar-refractivity contribution in [1.29, 1.82) is 0 Å². The van der Waals surface area contributed by atoms with E-state index in [-0.39, 0.29) is 11.9 Å². The van der Waals surface area contributed by atoms with Gasteiger partial charge in [0.25, 0.3) is 0 Å². The Morgan fingerprint density at radius 1 is 1.00 bits per heavy atom. The highest BCUT2D eigenvalue weighted by Crippen LogP contribution is 2.23. The fraction of sp³-hybridized carbons (Fsp3) is 0.320. The summed E-state index contributed by atoms with van der Waals surface area (Å²) >= 11 is 6.13. The first-order valence-corrected chi connectivity index (χ1v) is 11.1. The van der Waals surface area contributed by atoms with Crippen LogP contribution in [0.1, 0.15) is 6.92 Å². The third kappa shape index (κ3) is 5.56. The molecule has 0 bridgehead atoms.